The highest BCUT2D eigenvalue weighted by molar-refractivity contribution is 7.98. The molecule has 146 valence electrons. The lowest BCUT2D eigenvalue weighted by Crippen LogP contribution is -2.16. The second-order valence-corrected chi connectivity index (χ2v) is 7.42. The van der Waals surface area contributed by atoms with Crippen LogP contribution in [0.25, 0.3) is 21.9 Å². The van der Waals surface area contributed by atoms with Gasteiger partial charge in [-0.2, -0.15) is 0 Å². The van der Waals surface area contributed by atoms with Crippen molar-refractivity contribution in [2.24, 2.45) is 7.05 Å². The smallest absolute Gasteiger partial charge is 0.258 e. The van der Waals surface area contributed by atoms with Crippen LogP contribution in [-0.4, -0.2) is 10.8 Å². The maximum Gasteiger partial charge on any atom is 0.258 e. The third kappa shape index (κ3) is 3.63. The molecule has 0 aliphatic heterocycles. The number of aromatic nitrogens is 1. The highest BCUT2D eigenvalue weighted by Gasteiger charge is 2.16. The zero-order valence-corrected chi connectivity index (χ0v) is 16.6. The molecule has 0 saturated heterocycles. The molecule has 0 spiro atoms. The first-order valence-corrected chi connectivity index (χ1v) is 10.1. The zero-order valence-electron chi connectivity index (χ0n) is 15.8. The van der Waals surface area contributed by atoms with E-state index < -0.39 is 11.6 Å². The van der Waals surface area contributed by atoms with E-state index in [4.69, 9.17) is 4.74 Å². The summed E-state index contributed by atoms with van der Waals surface area (Å²) < 4.78 is 34.8. The number of halogens is 2. The van der Waals surface area contributed by atoms with E-state index in [0.29, 0.717) is 16.7 Å². The number of fused-ring (bicyclic) bond motifs is 1. The van der Waals surface area contributed by atoms with Crippen LogP contribution in [0, 0.1) is 11.6 Å². The summed E-state index contributed by atoms with van der Waals surface area (Å²) in [7, 11) is 1.69. The fourth-order valence-electron chi connectivity index (χ4n) is 3.24. The molecular formula is C23H17F2NO2S. The molecule has 0 N–H and O–H groups in total. The van der Waals surface area contributed by atoms with Crippen LogP contribution in [0.5, 0.6) is 11.5 Å². The number of aryl methyl sites for hydroxylation is 1. The fraction of sp³-hybridized carbons (Fsp3) is 0.0870. The van der Waals surface area contributed by atoms with E-state index in [9.17, 15) is 13.6 Å². The Morgan fingerprint density at radius 2 is 1.62 bits per heavy atom. The molecule has 3 aromatic carbocycles. The van der Waals surface area contributed by atoms with Crippen LogP contribution in [-0.2, 0) is 7.05 Å². The second kappa shape index (κ2) is 7.72. The molecule has 0 bridgehead atoms. The predicted octanol–water partition coefficient (Wildman–Crippen LogP) is 6.00. The van der Waals surface area contributed by atoms with Crippen molar-refractivity contribution in [3.05, 3.63) is 88.8 Å². The first-order valence-electron chi connectivity index (χ1n) is 8.87. The normalized spacial score (nSPS) is 11.0. The minimum Gasteiger partial charge on any atom is -0.454 e. The standard InChI is InChI=1S/C23H17F2NO2S/c1-26-13-19(16-5-3-4-6-17(16)23(26)27)18-12-15(29-2)8-10-21(18)28-22-9-7-14(24)11-20(22)25/h3-13H,1-2H3. The molecule has 0 amide bonds. The van der Waals surface area contributed by atoms with Crippen LogP contribution in [0.15, 0.2) is 76.6 Å². The molecule has 0 fully saturated rings. The summed E-state index contributed by atoms with van der Waals surface area (Å²) in [5.74, 6) is -1.11. The Kier molecular flexibility index (Phi) is 5.11. The van der Waals surface area contributed by atoms with E-state index in [1.807, 2.05) is 36.6 Å². The molecule has 1 aromatic heterocycles. The third-order valence-electron chi connectivity index (χ3n) is 4.68. The topological polar surface area (TPSA) is 31.2 Å². The van der Waals surface area contributed by atoms with E-state index in [2.05, 4.69) is 0 Å². The Labute approximate surface area is 170 Å². The van der Waals surface area contributed by atoms with E-state index in [-0.39, 0.29) is 11.3 Å². The van der Waals surface area contributed by atoms with Gasteiger partial charge in [-0.05, 0) is 48.0 Å². The van der Waals surface area contributed by atoms with Crippen LogP contribution < -0.4 is 10.3 Å². The molecule has 29 heavy (non-hydrogen) atoms. The second-order valence-electron chi connectivity index (χ2n) is 6.54. The van der Waals surface area contributed by atoms with E-state index >= 15 is 0 Å². The Bertz CT molecular complexity index is 1280. The van der Waals surface area contributed by atoms with E-state index in [1.54, 1.807) is 37.1 Å². The zero-order chi connectivity index (χ0) is 20.5. The fourth-order valence-corrected chi connectivity index (χ4v) is 3.68. The van der Waals surface area contributed by atoms with Gasteiger partial charge in [-0.3, -0.25) is 4.79 Å². The Morgan fingerprint density at radius 3 is 2.34 bits per heavy atom. The van der Waals surface area contributed by atoms with Crippen LogP contribution in [0.1, 0.15) is 0 Å². The van der Waals surface area contributed by atoms with Crippen LogP contribution in [0.3, 0.4) is 0 Å². The van der Waals surface area contributed by atoms with E-state index in [1.165, 1.54) is 10.6 Å². The summed E-state index contributed by atoms with van der Waals surface area (Å²) in [5.41, 5.74) is 1.40. The maximum atomic E-state index is 14.2. The van der Waals surface area contributed by atoms with Crippen molar-refractivity contribution in [1.82, 2.24) is 4.57 Å². The molecule has 0 aliphatic carbocycles. The number of hydrogen-bond acceptors (Lipinski definition) is 3. The van der Waals surface area contributed by atoms with Crippen molar-refractivity contribution in [2.75, 3.05) is 6.26 Å². The molecule has 0 unspecified atom stereocenters. The monoisotopic (exact) mass is 409 g/mol. The highest BCUT2D eigenvalue weighted by atomic mass is 32.2. The van der Waals surface area contributed by atoms with Crippen LogP contribution >= 0.6 is 11.8 Å². The summed E-state index contributed by atoms with van der Waals surface area (Å²) in [6, 6.07) is 16.1. The quantitative estimate of drug-likeness (QED) is 0.388. The molecule has 4 aromatic rings. The average Bonchev–Trinajstić information content (AvgIpc) is 2.73. The summed E-state index contributed by atoms with van der Waals surface area (Å²) in [6.07, 6.45) is 3.70. The summed E-state index contributed by atoms with van der Waals surface area (Å²) in [4.78, 5) is 13.5. The Hall–Kier alpha value is -3.12. The van der Waals surface area contributed by atoms with Crippen LogP contribution in [0.2, 0.25) is 0 Å². The molecule has 4 rings (SSSR count). The number of benzene rings is 3. The number of nitrogens with zero attached hydrogens (tertiary/aromatic N) is 1. The number of pyridine rings is 1. The average molecular weight is 409 g/mol. The minimum atomic E-state index is -0.782. The number of hydrogen-bond donors (Lipinski definition) is 0. The molecule has 0 radical (unpaired) electrons. The van der Waals surface area contributed by atoms with Gasteiger partial charge >= 0.3 is 0 Å². The molecule has 6 heteroatoms. The van der Waals surface area contributed by atoms with Gasteiger partial charge in [0.25, 0.3) is 5.56 Å². The van der Waals surface area contributed by atoms with Gasteiger partial charge < -0.3 is 9.30 Å². The largest absolute Gasteiger partial charge is 0.454 e. The van der Waals surface area contributed by atoms with Gasteiger partial charge in [-0.15, -0.1) is 11.8 Å². The summed E-state index contributed by atoms with van der Waals surface area (Å²) in [6.45, 7) is 0. The van der Waals surface area contributed by atoms with Gasteiger partial charge in [-0.1, -0.05) is 18.2 Å². The van der Waals surface area contributed by atoms with Crippen molar-refractivity contribution < 1.29 is 13.5 Å². The lowest BCUT2D eigenvalue weighted by molar-refractivity contribution is 0.439. The lowest BCUT2D eigenvalue weighted by Gasteiger charge is -2.16. The number of rotatable bonds is 4. The van der Waals surface area contributed by atoms with Gasteiger partial charge in [0.2, 0.25) is 0 Å². The van der Waals surface area contributed by atoms with E-state index in [0.717, 1.165) is 28.0 Å². The lowest BCUT2D eigenvalue weighted by atomic mass is 10.00. The van der Waals surface area contributed by atoms with Crippen molar-refractivity contribution in [1.29, 1.82) is 0 Å². The third-order valence-corrected chi connectivity index (χ3v) is 5.41. The number of ether oxygens (including phenoxy) is 1. The molecule has 0 saturated carbocycles. The van der Waals surface area contributed by atoms with Gasteiger partial charge in [0.1, 0.15) is 11.6 Å². The molecule has 0 aliphatic rings. The summed E-state index contributed by atoms with van der Waals surface area (Å²) in [5, 5.41) is 1.36. The first kappa shape index (κ1) is 19.2. The highest BCUT2D eigenvalue weighted by Crippen LogP contribution is 2.39. The molecule has 3 nitrogen and oxygen atoms in total. The van der Waals surface area contributed by atoms with Gasteiger partial charge in [0, 0.05) is 40.7 Å². The molecule has 0 atom stereocenters. The van der Waals surface area contributed by atoms with Crippen molar-refractivity contribution in [3.63, 3.8) is 0 Å². The maximum absolute atomic E-state index is 14.2. The predicted molar refractivity (Wildman–Crippen MR) is 113 cm³/mol. The molecule has 1 heterocycles. The van der Waals surface area contributed by atoms with Crippen molar-refractivity contribution in [3.8, 4) is 22.6 Å². The van der Waals surface area contributed by atoms with Gasteiger partial charge in [-0.25, -0.2) is 8.78 Å². The first-order chi connectivity index (χ1) is 14.0. The van der Waals surface area contributed by atoms with Crippen LogP contribution in [0.4, 0.5) is 8.78 Å². The van der Waals surface area contributed by atoms with Gasteiger partial charge in [0.15, 0.2) is 11.6 Å². The minimum absolute atomic E-state index is 0.0707. The summed E-state index contributed by atoms with van der Waals surface area (Å²) >= 11 is 1.56. The molecular weight excluding hydrogens is 392 g/mol. The Morgan fingerprint density at radius 1 is 0.897 bits per heavy atom. The Balaban J connectivity index is 1.95. The van der Waals surface area contributed by atoms with Gasteiger partial charge in [0.05, 0.1) is 0 Å². The SMILES string of the molecule is CSc1ccc(Oc2ccc(F)cc2F)c(-c2cn(C)c(=O)c3ccccc23)c1. The number of thioether (sulfide) groups is 1. The van der Waals surface area contributed by atoms with Crippen molar-refractivity contribution >= 4 is 22.5 Å². The van der Waals surface area contributed by atoms with Crippen molar-refractivity contribution in [2.45, 2.75) is 4.90 Å².